The summed E-state index contributed by atoms with van der Waals surface area (Å²) in [5, 5.41) is 5.48. The van der Waals surface area contributed by atoms with Crippen LogP contribution in [0.25, 0.3) is 0 Å². The SMILES string of the molecule is COCCNC(=O)c1cccc(C(=O)NCCc2cccc(OC)c2)n1. The number of hydrogen-bond donors (Lipinski definition) is 2. The minimum Gasteiger partial charge on any atom is -0.497 e. The van der Waals surface area contributed by atoms with E-state index in [4.69, 9.17) is 9.47 Å². The van der Waals surface area contributed by atoms with Gasteiger partial charge in [0.15, 0.2) is 0 Å². The van der Waals surface area contributed by atoms with Crippen LogP contribution < -0.4 is 15.4 Å². The standard InChI is InChI=1S/C19H23N3O4/c1-25-12-11-21-19(24)17-8-4-7-16(22-17)18(23)20-10-9-14-5-3-6-15(13-14)26-2/h3-8,13H,9-12H2,1-2H3,(H,20,23)(H,21,24). The summed E-state index contributed by atoms with van der Waals surface area (Å²) < 4.78 is 10.1. The van der Waals surface area contributed by atoms with Gasteiger partial charge in [0.25, 0.3) is 11.8 Å². The predicted molar refractivity (Wildman–Crippen MR) is 97.5 cm³/mol. The number of carbonyl (C=O) groups excluding carboxylic acids is 2. The van der Waals surface area contributed by atoms with Gasteiger partial charge in [0.2, 0.25) is 0 Å². The van der Waals surface area contributed by atoms with Gasteiger partial charge in [-0.3, -0.25) is 9.59 Å². The van der Waals surface area contributed by atoms with Gasteiger partial charge in [-0.25, -0.2) is 4.98 Å². The van der Waals surface area contributed by atoms with E-state index in [-0.39, 0.29) is 23.2 Å². The Morgan fingerprint density at radius 2 is 1.62 bits per heavy atom. The average molecular weight is 357 g/mol. The highest BCUT2D eigenvalue weighted by molar-refractivity contribution is 5.96. The smallest absolute Gasteiger partial charge is 0.269 e. The molecule has 0 spiro atoms. The molecule has 0 fully saturated rings. The lowest BCUT2D eigenvalue weighted by Gasteiger charge is -2.08. The van der Waals surface area contributed by atoms with Gasteiger partial charge in [0, 0.05) is 20.2 Å². The summed E-state index contributed by atoms with van der Waals surface area (Å²) in [5.41, 5.74) is 1.46. The average Bonchev–Trinajstić information content (AvgIpc) is 2.68. The van der Waals surface area contributed by atoms with E-state index in [0.29, 0.717) is 26.1 Å². The minimum absolute atomic E-state index is 0.196. The molecule has 1 aromatic carbocycles. The van der Waals surface area contributed by atoms with Gasteiger partial charge in [-0.1, -0.05) is 18.2 Å². The van der Waals surface area contributed by atoms with Crippen LogP contribution in [0.2, 0.25) is 0 Å². The Bertz CT molecular complexity index is 749. The number of carbonyl (C=O) groups is 2. The quantitative estimate of drug-likeness (QED) is 0.663. The number of pyridine rings is 1. The van der Waals surface area contributed by atoms with E-state index < -0.39 is 0 Å². The van der Waals surface area contributed by atoms with Crippen LogP contribution >= 0.6 is 0 Å². The number of amides is 2. The Balaban J connectivity index is 1.88. The summed E-state index contributed by atoms with van der Waals surface area (Å²) in [5.74, 6) is 0.121. The largest absolute Gasteiger partial charge is 0.497 e. The van der Waals surface area contributed by atoms with Crippen molar-refractivity contribution in [2.45, 2.75) is 6.42 Å². The molecule has 7 nitrogen and oxygen atoms in total. The molecule has 1 aromatic heterocycles. The summed E-state index contributed by atoms with van der Waals surface area (Å²) in [6.45, 7) is 1.25. The third-order valence-electron chi connectivity index (χ3n) is 3.64. The topological polar surface area (TPSA) is 89.5 Å². The van der Waals surface area contributed by atoms with Crippen molar-refractivity contribution < 1.29 is 19.1 Å². The molecule has 7 heteroatoms. The normalized spacial score (nSPS) is 10.2. The lowest BCUT2D eigenvalue weighted by molar-refractivity contribution is 0.0931. The Morgan fingerprint density at radius 1 is 0.962 bits per heavy atom. The highest BCUT2D eigenvalue weighted by Gasteiger charge is 2.11. The van der Waals surface area contributed by atoms with E-state index in [9.17, 15) is 9.59 Å². The first-order valence-electron chi connectivity index (χ1n) is 8.29. The van der Waals surface area contributed by atoms with Crippen molar-refractivity contribution in [3.05, 3.63) is 59.4 Å². The Hall–Kier alpha value is -2.93. The van der Waals surface area contributed by atoms with Gasteiger partial charge in [0.05, 0.1) is 13.7 Å². The molecular weight excluding hydrogens is 334 g/mol. The second kappa shape index (κ2) is 10.1. The van der Waals surface area contributed by atoms with E-state index in [1.807, 2.05) is 24.3 Å². The van der Waals surface area contributed by atoms with Crippen LogP contribution in [0.1, 0.15) is 26.5 Å². The number of hydrogen-bond acceptors (Lipinski definition) is 5. The number of nitrogens with one attached hydrogen (secondary N) is 2. The highest BCUT2D eigenvalue weighted by Crippen LogP contribution is 2.12. The fourth-order valence-electron chi connectivity index (χ4n) is 2.28. The molecular formula is C19H23N3O4. The lowest BCUT2D eigenvalue weighted by Crippen LogP contribution is -2.30. The van der Waals surface area contributed by atoms with Crippen LogP contribution in [-0.2, 0) is 11.2 Å². The molecule has 0 atom stereocenters. The second-order valence-electron chi connectivity index (χ2n) is 5.51. The summed E-state index contributed by atoms with van der Waals surface area (Å²) in [7, 11) is 3.17. The van der Waals surface area contributed by atoms with Crippen LogP contribution in [0, 0.1) is 0 Å². The van der Waals surface area contributed by atoms with Gasteiger partial charge in [-0.05, 0) is 36.2 Å². The van der Waals surface area contributed by atoms with E-state index in [1.165, 1.54) is 0 Å². The third-order valence-corrected chi connectivity index (χ3v) is 3.64. The maximum absolute atomic E-state index is 12.2. The van der Waals surface area contributed by atoms with Crippen molar-refractivity contribution in [2.75, 3.05) is 33.9 Å². The van der Waals surface area contributed by atoms with Gasteiger partial charge in [-0.2, -0.15) is 0 Å². The first-order chi connectivity index (χ1) is 12.6. The van der Waals surface area contributed by atoms with Crippen molar-refractivity contribution in [1.29, 1.82) is 0 Å². The molecule has 1 heterocycles. The van der Waals surface area contributed by atoms with E-state index >= 15 is 0 Å². The summed E-state index contributed by atoms with van der Waals surface area (Å²) >= 11 is 0. The fraction of sp³-hybridized carbons (Fsp3) is 0.316. The second-order valence-corrected chi connectivity index (χ2v) is 5.51. The van der Waals surface area contributed by atoms with Crippen molar-refractivity contribution >= 4 is 11.8 Å². The first-order valence-corrected chi connectivity index (χ1v) is 8.29. The molecule has 2 N–H and O–H groups in total. The Kier molecular flexibility index (Phi) is 7.57. The van der Waals surface area contributed by atoms with Crippen LogP contribution in [0.5, 0.6) is 5.75 Å². The lowest BCUT2D eigenvalue weighted by atomic mass is 10.1. The molecule has 0 saturated heterocycles. The van der Waals surface area contributed by atoms with Crippen molar-refractivity contribution in [2.24, 2.45) is 0 Å². The zero-order valence-corrected chi connectivity index (χ0v) is 15.0. The van der Waals surface area contributed by atoms with E-state index in [0.717, 1.165) is 11.3 Å². The van der Waals surface area contributed by atoms with Crippen LogP contribution in [0.3, 0.4) is 0 Å². The number of benzene rings is 1. The highest BCUT2D eigenvalue weighted by atomic mass is 16.5. The molecule has 2 amide bonds. The molecule has 0 saturated carbocycles. The van der Waals surface area contributed by atoms with E-state index in [2.05, 4.69) is 15.6 Å². The number of rotatable bonds is 9. The molecule has 0 aliphatic rings. The number of ether oxygens (including phenoxy) is 2. The molecule has 2 rings (SSSR count). The van der Waals surface area contributed by atoms with Gasteiger partial charge in [-0.15, -0.1) is 0 Å². The number of aromatic nitrogens is 1. The number of nitrogens with zero attached hydrogens (tertiary/aromatic N) is 1. The summed E-state index contributed by atoms with van der Waals surface area (Å²) in [6, 6.07) is 12.4. The van der Waals surface area contributed by atoms with Gasteiger partial charge in [0.1, 0.15) is 17.1 Å². The zero-order valence-electron chi connectivity index (χ0n) is 15.0. The number of methoxy groups -OCH3 is 2. The Labute approximate surface area is 152 Å². The maximum atomic E-state index is 12.2. The molecule has 138 valence electrons. The molecule has 0 bridgehead atoms. The molecule has 0 aliphatic carbocycles. The van der Waals surface area contributed by atoms with E-state index in [1.54, 1.807) is 32.4 Å². The molecule has 26 heavy (non-hydrogen) atoms. The summed E-state index contributed by atoms with van der Waals surface area (Å²) in [4.78, 5) is 28.3. The predicted octanol–water partition coefficient (Wildman–Crippen LogP) is 1.44. The maximum Gasteiger partial charge on any atom is 0.269 e. The van der Waals surface area contributed by atoms with Crippen LogP contribution in [-0.4, -0.2) is 50.7 Å². The van der Waals surface area contributed by atoms with Crippen molar-refractivity contribution in [3.63, 3.8) is 0 Å². The third kappa shape index (κ3) is 5.86. The van der Waals surface area contributed by atoms with Crippen LogP contribution in [0.15, 0.2) is 42.5 Å². The Morgan fingerprint density at radius 3 is 2.27 bits per heavy atom. The molecule has 2 aromatic rings. The molecule has 0 radical (unpaired) electrons. The van der Waals surface area contributed by atoms with Crippen molar-refractivity contribution in [3.8, 4) is 5.75 Å². The minimum atomic E-state index is -0.340. The monoisotopic (exact) mass is 357 g/mol. The molecule has 0 aliphatic heterocycles. The van der Waals surface area contributed by atoms with Crippen molar-refractivity contribution in [1.82, 2.24) is 15.6 Å². The van der Waals surface area contributed by atoms with Crippen LogP contribution in [0.4, 0.5) is 0 Å². The first kappa shape index (κ1) is 19.4. The summed E-state index contributed by atoms with van der Waals surface area (Å²) in [6.07, 6.45) is 0.667. The van der Waals surface area contributed by atoms with Gasteiger partial charge < -0.3 is 20.1 Å². The fourth-order valence-corrected chi connectivity index (χ4v) is 2.28. The zero-order chi connectivity index (χ0) is 18.8. The molecule has 0 unspecified atom stereocenters. The van der Waals surface area contributed by atoms with Gasteiger partial charge >= 0.3 is 0 Å².